The lowest BCUT2D eigenvalue weighted by Crippen LogP contribution is -2.06. The van der Waals surface area contributed by atoms with Gasteiger partial charge in [0, 0.05) is 10.0 Å². The fourth-order valence-corrected chi connectivity index (χ4v) is 1.74. The lowest BCUT2D eigenvalue weighted by atomic mass is 10.1. The maximum Gasteiger partial charge on any atom is 0.333 e. The second-order valence-electron chi connectivity index (χ2n) is 3.30. The molecular weight excluding hydrogens is 268 g/mol. The van der Waals surface area contributed by atoms with Gasteiger partial charge in [-0.2, -0.15) is 0 Å². The minimum Gasteiger partial charge on any atom is -0.463 e. The van der Waals surface area contributed by atoms with E-state index in [4.69, 9.17) is 4.74 Å². The van der Waals surface area contributed by atoms with E-state index in [1.807, 2.05) is 44.2 Å². The van der Waals surface area contributed by atoms with Crippen molar-refractivity contribution in [2.24, 2.45) is 0 Å². The number of hydrogen-bond acceptors (Lipinski definition) is 2. The summed E-state index contributed by atoms with van der Waals surface area (Å²) in [5.41, 5.74) is 1.69. The fourth-order valence-electron chi connectivity index (χ4n) is 1.33. The van der Waals surface area contributed by atoms with Gasteiger partial charge in [-0.1, -0.05) is 35.0 Å². The van der Waals surface area contributed by atoms with E-state index in [1.165, 1.54) is 0 Å². The van der Waals surface area contributed by atoms with Crippen LogP contribution < -0.4 is 0 Å². The van der Waals surface area contributed by atoms with Crippen molar-refractivity contribution in [1.82, 2.24) is 0 Å². The molecule has 0 fully saturated rings. The SMILES string of the molecule is CCOC(=O)C(=Cc1cccc(Br)c1)CC. The van der Waals surface area contributed by atoms with Crippen LogP contribution in [0.25, 0.3) is 6.08 Å². The molecule has 1 aromatic rings. The van der Waals surface area contributed by atoms with Crippen LogP contribution in [-0.2, 0) is 9.53 Å². The van der Waals surface area contributed by atoms with E-state index in [0.717, 1.165) is 10.0 Å². The van der Waals surface area contributed by atoms with Gasteiger partial charge in [-0.05, 0) is 37.1 Å². The Morgan fingerprint density at radius 3 is 2.75 bits per heavy atom. The highest BCUT2D eigenvalue weighted by molar-refractivity contribution is 9.10. The van der Waals surface area contributed by atoms with Gasteiger partial charge >= 0.3 is 5.97 Å². The summed E-state index contributed by atoms with van der Waals surface area (Å²) >= 11 is 3.40. The monoisotopic (exact) mass is 282 g/mol. The molecule has 1 rings (SSSR count). The molecule has 86 valence electrons. The van der Waals surface area contributed by atoms with Crippen molar-refractivity contribution in [3.8, 4) is 0 Å². The van der Waals surface area contributed by atoms with E-state index in [1.54, 1.807) is 0 Å². The molecule has 0 saturated carbocycles. The topological polar surface area (TPSA) is 26.3 Å². The second-order valence-corrected chi connectivity index (χ2v) is 4.21. The zero-order valence-corrected chi connectivity index (χ0v) is 11.1. The van der Waals surface area contributed by atoms with Crippen molar-refractivity contribution in [2.75, 3.05) is 6.61 Å². The zero-order valence-electron chi connectivity index (χ0n) is 9.50. The molecular formula is C13H15BrO2. The maximum atomic E-state index is 11.6. The van der Waals surface area contributed by atoms with Crippen molar-refractivity contribution in [1.29, 1.82) is 0 Å². The maximum absolute atomic E-state index is 11.6. The summed E-state index contributed by atoms with van der Waals surface area (Å²) < 4.78 is 5.98. The van der Waals surface area contributed by atoms with Gasteiger partial charge < -0.3 is 4.74 Å². The number of hydrogen-bond donors (Lipinski definition) is 0. The Bertz CT molecular complexity index is 397. The van der Waals surface area contributed by atoms with Crippen LogP contribution in [0.2, 0.25) is 0 Å². The second kappa shape index (κ2) is 6.48. The van der Waals surface area contributed by atoms with E-state index in [9.17, 15) is 4.79 Å². The van der Waals surface area contributed by atoms with Gasteiger partial charge in [0.2, 0.25) is 0 Å². The van der Waals surface area contributed by atoms with Gasteiger partial charge in [-0.3, -0.25) is 0 Å². The first kappa shape index (κ1) is 13.0. The van der Waals surface area contributed by atoms with E-state index < -0.39 is 0 Å². The molecule has 16 heavy (non-hydrogen) atoms. The van der Waals surface area contributed by atoms with Crippen LogP contribution in [0.5, 0.6) is 0 Å². The van der Waals surface area contributed by atoms with Crippen LogP contribution in [0.3, 0.4) is 0 Å². The number of benzene rings is 1. The first-order chi connectivity index (χ1) is 7.67. The quantitative estimate of drug-likeness (QED) is 0.620. The third-order valence-corrected chi connectivity index (χ3v) is 2.60. The normalized spacial score (nSPS) is 11.3. The first-order valence-corrected chi connectivity index (χ1v) is 6.10. The summed E-state index contributed by atoms with van der Waals surface area (Å²) in [5.74, 6) is -0.232. The summed E-state index contributed by atoms with van der Waals surface area (Å²) in [6.45, 7) is 4.17. The third kappa shape index (κ3) is 3.81. The summed E-state index contributed by atoms with van der Waals surface area (Å²) in [6, 6.07) is 7.82. The molecule has 0 atom stereocenters. The zero-order chi connectivity index (χ0) is 12.0. The Hall–Kier alpha value is -1.09. The van der Waals surface area contributed by atoms with Gasteiger partial charge in [0.1, 0.15) is 0 Å². The predicted octanol–water partition coefficient (Wildman–Crippen LogP) is 3.81. The number of ether oxygens (including phenoxy) is 1. The number of carbonyl (C=O) groups is 1. The van der Waals surface area contributed by atoms with Crippen LogP contribution in [0.15, 0.2) is 34.3 Å². The highest BCUT2D eigenvalue weighted by Crippen LogP contribution is 2.16. The molecule has 0 amide bonds. The Labute approximate surface area is 104 Å². The Morgan fingerprint density at radius 2 is 2.19 bits per heavy atom. The van der Waals surface area contributed by atoms with Crippen LogP contribution in [-0.4, -0.2) is 12.6 Å². The highest BCUT2D eigenvalue weighted by atomic mass is 79.9. The van der Waals surface area contributed by atoms with Crippen molar-refractivity contribution in [3.05, 3.63) is 39.9 Å². The smallest absolute Gasteiger partial charge is 0.333 e. The van der Waals surface area contributed by atoms with E-state index in [-0.39, 0.29) is 5.97 Å². The summed E-state index contributed by atoms with van der Waals surface area (Å²) in [4.78, 5) is 11.6. The van der Waals surface area contributed by atoms with Crippen LogP contribution in [0.1, 0.15) is 25.8 Å². The van der Waals surface area contributed by atoms with E-state index in [0.29, 0.717) is 18.6 Å². The van der Waals surface area contributed by atoms with Crippen molar-refractivity contribution < 1.29 is 9.53 Å². The largest absolute Gasteiger partial charge is 0.463 e. The molecule has 0 aliphatic carbocycles. The number of rotatable bonds is 4. The standard InChI is InChI=1S/C13H15BrO2/c1-3-11(13(15)16-4-2)8-10-6-5-7-12(14)9-10/h5-9H,3-4H2,1-2H3. The van der Waals surface area contributed by atoms with E-state index in [2.05, 4.69) is 15.9 Å². The molecule has 0 aliphatic heterocycles. The molecule has 0 unspecified atom stereocenters. The van der Waals surface area contributed by atoms with Gasteiger partial charge in [-0.25, -0.2) is 4.79 Å². The summed E-state index contributed by atoms with van der Waals surface area (Å²) in [7, 11) is 0. The third-order valence-electron chi connectivity index (χ3n) is 2.11. The fraction of sp³-hybridized carbons (Fsp3) is 0.308. The first-order valence-electron chi connectivity index (χ1n) is 5.30. The Morgan fingerprint density at radius 1 is 1.44 bits per heavy atom. The van der Waals surface area contributed by atoms with Crippen LogP contribution in [0.4, 0.5) is 0 Å². The van der Waals surface area contributed by atoms with Gasteiger partial charge in [0.05, 0.1) is 6.61 Å². The lowest BCUT2D eigenvalue weighted by molar-refractivity contribution is -0.138. The molecule has 0 spiro atoms. The number of carbonyl (C=O) groups excluding carboxylic acids is 1. The summed E-state index contributed by atoms with van der Waals surface area (Å²) in [6.07, 6.45) is 2.54. The molecule has 1 aromatic carbocycles. The molecule has 0 aliphatic rings. The molecule has 0 heterocycles. The number of esters is 1. The molecule has 0 saturated heterocycles. The van der Waals surface area contributed by atoms with Gasteiger partial charge in [-0.15, -0.1) is 0 Å². The van der Waals surface area contributed by atoms with Gasteiger partial charge in [0.25, 0.3) is 0 Å². The number of halogens is 1. The molecule has 0 N–H and O–H groups in total. The summed E-state index contributed by atoms with van der Waals surface area (Å²) in [5, 5.41) is 0. The van der Waals surface area contributed by atoms with Crippen molar-refractivity contribution in [2.45, 2.75) is 20.3 Å². The Kier molecular flexibility index (Phi) is 5.26. The molecule has 0 bridgehead atoms. The van der Waals surface area contributed by atoms with Crippen LogP contribution in [0, 0.1) is 0 Å². The Balaban J connectivity index is 2.91. The molecule has 0 aromatic heterocycles. The minimum absolute atomic E-state index is 0.232. The minimum atomic E-state index is -0.232. The van der Waals surface area contributed by atoms with Crippen molar-refractivity contribution >= 4 is 28.0 Å². The van der Waals surface area contributed by atoms with Crippen molar-refractivity contribution in [3.63, 3.8) is 0 Å². The average Bonchev–Trinajstić information content (AvgIpc) is 2.26. The highest BCUT2D eigenvalue weighted by Gasteiger charge is 2.07. The van der Waals surface area contributed by atoms with Gasteiger partial charge in [0.15, 0.2) is 0 Å². The van der Waals surface area contributed by atoms with Crippen LogP contribution >= 0.6 is 15.9 Å². The molecule has 0 radical (unpaired) electrons. The lowest BCUT2D eigenvalue weighted by Gasteiger charge is -2.04. The predicted molar refractivity (Wildman–Crippen MR) is 69.0 cm³/mol. The molecule has 3 heteroatoms. The average molecular weight is 283 g/mol. The van der Waals surface area contributed by atoms with E-state index >= 15 is 0 Å². The molecule has 2 nitrogen and oxygen atoms in total.